The van der Waals surface area contributed by atoms with Gasteiger partial charge in [0.05, 0.1) is 7.11 Å². The predicted octanol–water partition coefficient (Wildman–Crippen LogP) is 3.06. The number of alkyl carbamates (subject to hydrolysis) is 1. The predicted molar refractivity (Wildman–Crippen MR) is 90.2 cm³/mol. The van der Waals surface area contributed by atoms with Crippen molar-refractivity contribution in [3.63, 3.8) is 0 Å². The standard InChI is InChI=1S/C16H25ClN2O4/c1-10(19-15(21)23-16(2,3)4)8-18-9-11-6-12(17)7-13(22-5)14(11)20/h6-7,10,18,20H,8-9H2,1-5H3,(H,19,21). The van der Waals surface area contributed by atoms with Gasteiger partial charge < -0.3 is 25.2 Å². The molecule has 1 unspecified atom stereocenters. The van der Waals surface area contributed by atoms with Crippen LogP contribution in [0.15, 0.2) is 12.1 Å². The Morgan fingerprint density at radius 2 is 2.04 bits per heavy atom. The zero-order valence-electron chi connectivity index (χ0n) is 14.2. The first kappa shape index (κ1) is 19.4. The van der Waals surface area contributed by atoms with Gasteiger partial charge in [-0.2, -0.15) is 0 Å². The van der Waals surface area contributed by atoms with Gasteiger partial charge in [-0.25, -0.2) is 4.79 Å². The fourth-order valence-electron chi connectivity index (χ4n) is 1.90. The number of amides is 1. The summed E-state index contributed by atoms with van der Waals surface area (Å²) in [6.07, 6.45) is -0.459. The van der Waals surface area contributed by atoms with E-state index in [1.54, 1.807) is 12.1 Å². The summed E-state index contributed by atoms with van der Waals surface area (Å²) in [6.45, 7) is 8.19. The molecule has 0 fully saturated rings. The minimum Gasteiger partial charge on any atom is -0.504 e. The zero-order valence-corrected chi connectivity index (χ0v) is 15.0. The molecule has 23 heavy (non-hydrogen) atoms. The number of rotatable bonds is 6. The average molecular weight is 345 g/mol. The zero-order chi connectivity index (χ0) is 17.6. The second kappa shape index (κ2) is 8.26. The lowest BCUT2D eigenvalue weighted by atomic mass is 10.2. The molecule has 1 aromatic carbocycles. The fourth-order valence-corrected chi connectivity index (χ4v) is 2.13. The maximum Gasteiger partial charge on any atom is 0.407 e. The van der Waals surface area contributed by atoms with Gasteiger partial charge in [0, 0.05) is 35.8 Å². The van der Waals surface area contributed by atoms with E-state index in [2.05, 4.69) is 10.6 Å². The number of benzene rings is 1. The summed E-state index contributed by atoms with van der Waals surface area (Å²) >= 11 is 5.98. The highest BCUT2D eigenvalue weighted by molar-refractivity contribution is 6.30. The van der Waals surface area contributed by atoms with Crippen LogP contribution in [-0.2, 0) is 11.3 Å². The second-order valence-corrected chi connectivity index (χ2v) is 6.73. The SMILES string of the molecule is COc1cc(Cl)cc(CNCC(C)NC(=O)OC(C)(C)C)c1O. The van der Waals surface area contributed by atoms with E-state index < -0.39 is 11.7 Å². The molecule has 1 atom stereocenters. The first-order chi connectivity index (χ1) is 10.6. The monoisotopic (exact) mass is 344 g/mol. The summed E-state index contributed by atoms with van der Waals surface area (Å²) in [5.74, 6) is 0.381. The maximum atomic E-state index is 11.6. The Kier molecular flexibility index (Phi) is 6.97. The average Bonchev–Trinajstić information content (AvgIpc) is 2.39. The minimum atomic E-state index is -0.527. The number of ether oxygens (including phenoxy) is 2. The molecule has 0 radical (unpaired) electrons. The molecule has 1 amide bonds. The number of hydrogen-bond donors (Lipinski definition) is 3. The normalized spacial score (nSPS) is 12.6. The Hall–Kier alpha value is -1.66. The molecule has 1 aromatic rings. The molecule has 130 valence electrons. The lowest BCUT2D eigenvalue weighted by Crippen LogP contribution is -2.42. The van der Waals surface area contributed by atoms with Crippen LogP contribution in [0.25, 0.3) is 0 Å². The molecule has 7 heteroatoms. The van der Waals surface area contributed by atoms with Gasteiger partial charge in [0.15, 0.2) is 11.5 Å². The van der Waals surface area contributed by atoms with Gasteiger partial charge in [-0.3, -0.25) is 0 Å². The Balaban J connectivity index is 2.48. The van der Waals surface area contributed by atoms with Crippen LogP contribution in [0.2, 0.25) is 5.02 Å². The molecule has 0 aromatic heterocycles. The molecule has 0 aliphatic rings. The Labute approximate surface area is 142 Å². The van der Waals surface area contributed by atoms with E-state index >= 15 is 0 Å². The summed E-state index contributed by atoms with van der Waals surface area (Å²) < 4.78 is 10.2. The van der Waals surface area contributed by atoms with Crippen molar-refractivity contribution in [1.82, 2.24) is 10.6 Å². The van der Waals surface area contributed by atoms with E-state index in [1.165, 1.54) is 7.11 Å². The third kappa shape index (κ3) is 6.97. The molecule has 0 saturated heterocycles. The third-order valence-corrected chi connectivity index (χ3v) is 3.09. The van der Waals surface area contributed by atoms with E-state index in [4.69, 9.17) is 21.1 Å². The Morgan fingerprint density at radius 1 is 1.39 bits per heavy atom. The van der Waals surface area contributed by atoms with E-state index in [0.29, 0.717) is 29.4 Å². The first-order valence-corrected chi connectivity index (χ1v) is 7.75. The molecular weight excluding hydrogens is 320 g/mol. The molecule has 0 saturated carbocycles. The van der Waals surface area contributed by atoms with Crippen LogP contribution in [-0.4, -0.2) is 36.5 Å². The van der Waals surface area contributed by atoms with Crippen molar-refractivity contribution in [3.8, 4) is 11.5 Å². The molecule has 0 aliphatic heterocycles. The van der Waals surface area contributed by atoms with E-state index in [0.717, 1.165) is 0 Å². The van der Waals surface area contributed by atoms with Crippen LogP contribution in [0, 0.1) is 0 Å². The van der Waals surface area contributed by atoms with Crippen LogP contribution in [0.1, 0.15) is 33.3 Å². The van der Waals surface area contributed by atoms with Crippen LogP contribution in [0.4, 0.5) is 4.79 Å². The van der Waals surface area contributed by atoms with E-state index in [9.17, 15) is 9.90 Å². The molecule has 6 nitrogen and oxygen atoms in total. The van der Waals surface area contributed by atoms with Crippen LogP contribution in [0.5, 0.6) is 11.5 Å². The highest BCUT2D eigenvalue weighted by Crippen LogP contribution is 2.33. The van der Waals surface area contributed by atoms with Gasteiger partial charge in [-0.05, 0) is 33.8 Å². The number of carbonyl (C=O) groups is 1. The third-order valence-electron chi connectivity index (χ3n) is 2.87. The van der Waals surface area contributed by atoms with Crippen LogP contribution < -0.4 is 15.4 Å². The van der Waals surface area contributed by atoms with E-state index in [-0.39, 0.29) is 11.8 Å². The molecular formula is C16H25ClN2O4. The van der Waals surface area contributed by atoms with Crippen molar-refractivity contribution in [1.29, 1.82) is 0 Å². The molecule has 1 rings (SSSR count). The Morgan fingerprint density at radius 3 is 2.61 bits per heavy atom. The fraction of sp³-hybridized carbons (Fsp3) is 0.562. The maximum absolute atomic E-state index is 11.6. The van der Waals surface area contributed by atoms with Crippen molar-refractivity contribution in [3.05, 3.63) is 22.7 Å². The van der Waals surface area contributed by atoms with Crippen LogP contribution in [0.3, 0.4) is 0 Å². The smallest absolute Gasteiger partial charge is 0.407 e. The highest BCUT2D eigenvalue weighted by Gasteiger charge is 2.17. The Bertz CT molecular complexity index is 544. The second-order valence-electron chi connectivity index (χ2n) is 6.29. The molecule has 0 heterocycles. The minimum absolute atomic E-state index is 0.0529. The number of methoxy groups -OCH3 is 1. The highest BCUT2D eigenvalue weighted by atomic mass is 35.5. The molecule has 0 aliphatic carbocycles. The number of phenols is 1. The number of carbonyl (C=O) groups excluding carboxylic acids is 1. The largest absolute Gasteiger partial charge is 0.504 e. The summed E-state index contributed by atoms with van der Waals surface area (Å²) in [6, 6.07) is 3.08. The van der Waals surface area contributed by atoms with Gasteiger partial charge >= 0.3 is 6.09 Å². The summed E-state index contributed by atoms with van der Waals surface area (Å²) in [7, 11) is 1.47. The van der Waals surface area contributed by atoms with Gasteiger partial charge in [0.2, 0.25) is 0 Å². The molecule has 3 N–H and O–H groups in total. The molecule has 0 spiro atoms. The topological polar surface area (TPSA) is 79.8 Å². The number of halogens is 1. The van der Waals surface area contributed by atoms with Gasteiger partial charge in [-0.1, -0.05) is 11.6 Å². The number of aromatic hydroxyl groups is 1. The van der Waals surface area contributed by atoms with Gasteiger partial charge in [0.1, 0.15) is 5.60 Å². The van der Waals surface area contributed by atoms with Gasteiger partial charge in [-0.15, -0.1) is 0 Å². The summed E-state index contributed by atoms with van der Waals surface area (Å²) in [4.78, 5) is 11.6. The lowest BCUT2D eigenvalue weighted by Gasteiger charge is -2.22. The number of phenolic OH excluding ortho intramolecular Hbond substituents is 1. The van der Waals surface area contributed by atoms with Crippen LogP contribution >= 0.6 is 11.6 Å². The van der Waals surface area contributed by atoms with Crippen molar-refractivity contribution in [2.45, 2.75) is 45.9 Å². The van der Waals surface area contributed by atoms with Crippen molar-refractivity contribution < 1.29 is 19.4 Å². The first-order valence-electron chi connectivity index (χ1n) is 7.38. The van der Waals surface area contributed by atoms with Crippen molar-refractivity contribution >= 4 is 17.7 Å². The van der Waals surface area contributed by atoms with Crippen molar-refractivity contribution in [2.75, 3.05) is 13.7 Å². The molecule has 0 bridgehead atoms. The van der Waals surface area contributed by atoms with E-state index in [1.807, 2.05) is 27.7 Å². The summed E-state index contributed by atoms with van der Waals surface area (Å²) in [5.41, 5.74) is 0.0965. The van der Waals surface area contributed by atoms with Gasteiger partial charge in [0.25, 0.3) is 0 Å². The number of nitrogens with one attached hydrogen (secondary N) is 2. The lowest BCUT2D eigenvalue weighted by molar-refractivity contribution is 0.0508. The summed E-state index contributed by atoms with van der Waals surface area (Å²) in [5, 5.41) is 16.4. The number of hydrogen-bond acceptors (Lipinski definition) is 5. The van der Waals surface area contributed by atoms with Crippen molar-refractivity contribution in [2.24, 2.45) is 0 Å². The quantitative estimate of drug-likeness (QED) is 0.739.